The Morgan fingerprint density at radius 3 is 2.72 bits per heavy atom. The second-order valence-electron chi connectivity index (χ2n) is 3.49. The Morgan fingerprint density at radius 2 is 2.11 bits per heavy atom. The maximum atomic E-state index is 5.65. The number of hydrogen-bond acceptors (Lipinski definition) is 7. The molecule has 3 aromatic heterocycles. The summed E-state index contributed by atoms with van der Waals surface area (Å²) in [7, 11) is 0. The van der Waals surface area contributed by atoms with Crippen LogP contribution in [-0.2, 0) is 0 Å². The number of hydrogen-bond donors (Lipinski definition) is 1. The van der Waals surface area contributed by atoms with Crippen molar-refractivity contribution in [1.82, 2.24) is 15.1 Å². The van der Waals surface area contributed by atoms with Crippen molar-refractivity contribution in [2.24, 2.45) is 0 Å². The molecule has 0 saturated heterocycles. The highest BCUT2D eigenvalue weighted by molar-refractivity contribution is 9.11. The Kier molecular flexibility index (Phi) is 2.92. The first kappa shape index (κ1) is 11.8. The van der Waals surface area contributed by atoms with Crippen molar-refractivity contribution in [1.29, 1.82) is 0 Å². The minimum atomic E-state index is 0.459. The van der Waals surface area contributed by atoms with Crippen LogP contribution in [0.4, 0.5) is 5.13 Å². The molecule has 0 amide bonds. The molecule has 0 aromatic carbocycles. The predicted octanol–water partition coefficient (Wildman–Crippen LogP) is 3.57. The van der Waals surface area contributed by atoms with Crippen LogP contribution in [0, 0.1) is 6.92 Å². The van der Waals surface area contributed by atoms with Crippen molar-refractivity contribution in [2.75, 3.05) is 5.73 Å². The zero-order valence-electron chi connectivity index (χ0n) is 9.18. The minimum Gasteiger partial charge on any atom is -0.375 e. The van der Waals surface area contributed by atoms with E-state index in [2.05, 4.69) is 31.1 Å². The molecule has 0 radical (unpaired) electrons. The quantitative estimate of drug-likeness (QED) is 0.770. The molecule has 0 saturated carbocycles. The first-order chi connectivity index (χ1) is 8.63. The Hall–Kier alpha value is -1.25. The van der Waals surface area contributed by atoms with Gasteiger partial charge in [-0.1, -0.05) is 16.5 Å². The van der Waals surface area contributed by atoms with E-state index < -0.39 is 0 Å². The number of anilines is 1. The summed E-state index contributed by atoms with van der Waals surface area (Å²) >= 11 is 6.30. The fourth-order valence-electron chi connectivity index (χ4n) is 1.47. The zero-order chi connectivity index (χ0) is 12.7. The third-order valence-corrected chi connectivity index (χ3v) is 4.82. The fraction of sp³-hybridized carbons (Fsp3) is 0.100. The highest BCUT2D eigenvalue weighted by atomic mass is 79.9. The standard InChI is InChI=1S/C10H7BrN4OS2/c1-4-7(18-10(12)13-4)9-14-8(15-16-9)5-2-3-6(11)17-5/h2-3H,1H3,(H2,12,13). The molecule has 2 N–H and O–H groups in total. The van der Waals surface area contributed by atoms with Crippen LogP contribution in [0.1, 0.15) is 5.69 Å². The normalized spacial score (nSPS) is 11.0. The molecule has 0 aliphatic heterocycles. The molecular weight excluding hydrogens is 336 g/mol. The fourth-order valence-corrected chi connectivity index (χ4v) is 3.53. The molecule has 92 valence electrons. The number of nitrogens with two attached hydrogens (primary N) is 1. The van der Waals surface area contributed by atoms with E-state index in [4.69, 9.17) is 10.3 Å². The lowest BCUT2D eigenvalue weighted by Gasteiger charge is -1.86. The number of halogens is 1. The molecule has 18 heavy (non-hydrogen) atoms. The molecule has 3 rings (SSSR count). The summed E-state index contributed by atoms with van der Waals surface area (Å²) in [6.45, 7) is 1.87. The molecule has 0 unspecified atom stereocenters. The van der Waals surface area contributed by atoms with E-state index in [1.54, 1.807) is 11.3 Å². The molecule has 0 spiro atoms. The largest absolute Gasteiger partial charge is 0.375 e. The van der Waals surface area contributed by atoms with E-state index in [0.717, 1.165) is 19.2 Å². The van der Waals surface area contributed by atoms with E-state index in [1.165, 1.54) is 11.3 Å². The minimum absolute atomic E-state index is 0.459. The number of thiazole rings is 1. The summed E-state index contributed by atoms with van der Waals surface area (Å²) in [6.07, 6.45) is 0. The maximum Gasteiger partial charge on any atom is 0.270 e. The van der Waals surface area contributed by atoms with Crippen LogP contribution in [0.5, 0.6) is 0 Å². The summed E-state index contributed by atoms with van der Waals surface area (Å²) in [5.41, 5.74) is 6.46. The van der Waals surface area contributed by atoms with Crippen molar-refractivity contribution in [3.63, 3.8) is 0 Å². The van der Waals surface area contributed by atoms with Gasteiger partial charge < -0.3 is 10.3 Å². The van der Waals surface area contributed by atoms with Crippen LogP contribution < -0.4 is 5.73 Å². The lowest BCUT2D eigenvalue weighted by molar-refractivity contribution is 0.433. The van der Waals surface area contributed by atoms with Crippen LogP contribution in [0.3, 0.4) is 0 Å². The van der Waals surface area contributed by atoms with Crippen LogP contribution in [0.15, 0.2) is 20.4 Å². The molecule has 0 fully saturated rings. The van der Waals surface area contributed by atoms with Crippen molar-refractivity contribution < 1.29 is 4.52 Å². The molecule has 0 aliphatic rings. The van der Waals surface area contributed by atoms with Crippen LogP contribution in [0.2, 0.25) is 0 Å². The SMILES string of the molecule is Cc1nc(N)sc1-c1nc(-c2ccc(Br)s2)no1. The lowest BCUT2D eigenvalue weighted by Crippen LogP contribution is -1.81. The van der Waals surface area contributed by atoms with Crippen molar-refractivity contribution in [3.8, 4) is 21.5 Å². The van der Waals surface area contributed by atoms with E-state index in [1.807, 2.05) is 19.1 Å². The molecule has 3 aromatic rings. The monoisotopic (exact) mass is 342 g/mol. The van der Waals surface area contributed by atoms with Gasteiger partial charge in [-0.05, 0) is 35.0 Å². The molecule has 3 heterocycles. The van der Waals surface area contributed by atoms with Gasteiger partial charge >= 0.3 is 0 Å². The number of nitrogens with zero attached hydrogens (tertiary/aromatic N) is 3. The van der Waals surface area contributed by atoms with Crippen molar-refractivity contribution >= 4 is 43.7 Å². The van der Waals surface area contributed by atoms with Crippen LogP contribution in [0.25, 0.3) is 21.5 Å². The summed E-state index contributed by atoms with van der Waals surface area (Å²) in [6, 6.07) is 3.89. The Morgan fingerprint density at radius 1 is 1.28 bits per heavy atom. The van der Waals surface area contributed by atoms with Gasteiger partial charge in [0.15, 0.2) is 5.13 Å². The number of nitrogen functional groups attached to an aromatic ring is 1. The Balaban J connectivity index is 2.01. The maximum absolute atomic E-state index is 5.65. The van der Waals surface area contributed by atoms with Gasteiger partial charge in [-0.3, -0.25) is 0 Å². The van der Waals surface area contributed by atoms with Gasteiger partial charge in [0, 0.05) is 0 Å². The van der Waals surface area contributed by atoms with Gasteiger partial charge in [-0.25, -0.2) is 4.98 Å². The summed E-state index contributed by atoms with van der Waals surface area (Å²) < 4.78 is 6.28. The third-order valence-electron chi connectivity index (χ3n) is 2.23. The summed E-state index contributed by atoms with van der Waals surface area (Å²) in [5.74, 6) is 1.04. The van der Waals surface area contributed by atoms with E-state index in [-0.39, 0.29) is 0 Å². The number of thiophene rings is 1. The molecular formula is C10H7BrN4OS2. The number of aromatic nitrogens is 3. The van der Waals surface area contributed by atoms with Crippen LogP contribution >= 0.6 is 38.6 Å². The molecule has 8 heteroatoms. The highest BCUT2D eigenvalue weighted by Gasteiger charge is 2.16. The van der Waals surface area contributed by atoms with Crippen molar-refractivity contribution in [3.05, 3.63) is 21.6 Å². The number of aryl methyl sites for hydroxylation is 1. The number of rotatable bonds is 2. The van der Waals surface area contributed by atoms with E-state index >= 15 is 0 Å². The highest BCUT2D eigenvalue weighted by Crippen LogP contribution is 2.33. The van der Waals surface area contributed by atoms with Crippen molar-refractivity contribution in [2.45, 2.75) is 6.92 Å². The zero-order valence-corrected chi connectivity index (χ0v) is 12.4. The topological polar surface area (TPSA) is 77.8 Å². The first-order valence-corrected chi connectivity index (χ1v) is 7.39. The molecule has 0 bridgehead atoms. The predicted molar refractivity (Wildman–Crippen MR) is 75.6 cm³/mol. The third kappa shape index (κ3) is 2.06. The van der Waals surface area contributed by atoms with E-state index in [9.17, 15) is 0 Å². The molecule has 5 nitrogen and oxygen atoms in total. The first-order valence-electron chi connectivity index (χ1n) is 4.96. The molecule has 0 atom stereocenters. The van der Waals surface area contributed by atoms with Gasteiger partial charge in [0.2, 0.25) is 5.82 Å². The van der Waals surface area contributed by atoms with Gasteiger partial charge in [0.1, 0.15) is 4.88 Å². The average Bonchev–Trinajstić information content (AvgIpc) is 2.98. The van der Waals surface area contributed by atoms with Gasteiger partial charge in [-0.2, -0.15) is 4.98 Å². The smallest absolute Gasteiger partial charge is 0.270 e. The lowest BCUT2D eigenvalue weighted by atomic mass is 10.4. The van der Waals surface area contributed by atoms with Gasteiger partial charge in [-0.15, -0.1) is 11.3 Å². The summed E-state index contributed by atoms with van der Waals surface area (Å²) in [5, 5.41) is 4.47. The Labute approximate surface area is 119 Å². The van der Waals surface area contributed by atoms with E-state index in [0.29, 0.717) is 16.8 Å². The van der Waals surface area contributed by atoms with Gasteiger partial charge in [0.25, 0.3) is 5.89 Å². The molecule has 0 aliphatic carbocycles. The van der Waals surface area contributed by atoms with Crippen LogP contribution in [-0.4, -0.2) is 15.1 Å². The van der Waals surface area contributed by atoms with Gasteiger partial charge in [0.05, 0.1) is 14.4 Å². The second kappa shape index (κ2) is 4.45. The average molecular weight is 343 g/mol. The second-order valence-corrected chi connectivity index (χ2v) is 6.99. The summed E-state index contributed by atoms with van der Waals surface area (Å²) in [4.78, 5) is 10.3. The Bertz CT molecular complexity index is 702.